The van der Waals surface area contributed by atoms with Crippen LogP contribution in [0.2, 0.25) is 0 Å². The highest BCUT2D eigenvalue weighted by Gasteiger charge is 2.07. The summed E-state index contributed by atoms with van der Waals surface area (Å²) in [5.41, 5.74) is 7.39. The van der Waals surface area contributed by atoms with Gasteiger partial charge in [-0.2, -0.15) is 0 Å². The van der Waals surface area contributed by atoms with Gasteiger partial charge in [-0.25, -0.2) is 0 Å². The molecule has 0 saturated carbocycles. The number of hydrogen-bond donors (Lipinski definition) is 1. The van der Waals surface area contributed by atoms with Crippen molar-refractivity contribution in [3.8, 4) is 5.75 Å². The summed E-state index contributed by atoms with van der Waals surface area (Å²) in [6, 6.07) is 8.49. The average Bonchev–Trinajstić information content (AvgIpc) is 2.37. The number of methoxy groups -OCH3 is 1. The molecule has 1 rings (SSSR count). The predicted octanol–water partition coefficient (Wildman–Crippen LogP) is 2.64. The Bertz CT molecular complexity index is 324. The van der Waals surface area contributed by atoms with E-state index in [1.807, 2.05) is 12.1 Å². The molecule has 1 aromatic carbocycles. The summed E-state index contributed by atoms with van der Waals surface area (Å²) in [4.78, 5) is 2.28. The molecule has 0 saturated heterocycles. The lowest BCUT2D eigenvalue weighted by atomic mass is 10.1. The van der Waals surface area contributed by atoms with Gasteiger partial charge in [0, 0.05) is 19.1 Å². The minimum absolute atomic E-state index is 0.285. The first-order valence-electron chi connectivity index (χ1n) is 6.72. The van der Waals surface area contributed by atoms with Crippen LogP contribution in [0.3, 0.4) is 0 Å². The Morgan fingerprint density at radius 1 is 1.28 bits per heavy atom. The summed E-state index contributed by atoms with van der Waals surface area (Å²) in [6.07, 6.45) is 3.55. The van der Waals surface area contributed by atoms with Gasteiger partial charge in [-0.3, -0.25) is 0 Å². The maximum Gasteiger partial charge on any atom is 0.118 e. The molecule has 3 heteroatoms. The van der Waals surface area contributed by atoms with E-state index in [1.165, 1.54) is 18.4 Å². The van der Waals surface area contributed by atoms with Gasteiger partial charge in [-0.15, -0.1) is 0 Å². The van der Waals surface area contributed by atoms with E-state index in [-0.39, 0.29) is 6.04 Å². The molecule has 2 N–H and O–H groups in total. The van der Waals surface area contributed by atoms with Crippen LogP contribution in [0.5, 0.6) is 5.75 Å². The van der Waals surface area contributed by atoms with Crippen LogP contribution in [0.1, 0.15) is 31.7 Å². The third-order valence-electron chi connectivity index (χ3n) is 3.09. The van der Waals surface area contributed by atoms with Crippen LogP contribution in [0.4, 0.5) is 0 Å². The van der Waals surface area contributed by atoms with Crippen molar-refractivity contribution >= 4 is 0 Å². The zero-order valence-corrected chi connectivity index (χ0v) is 11.9. The third kappa shape index (κ3) is 5.52. The van der Waals surface area contributed by atoms with E-state index in [2.05, 4.69) is 31.0 Å². The second kappa shape index (κ2) is 8.11. The minimum atomic E-state index is 0.285. The fourth-order valence-electron chi connectivity index (χ4n) is 2.07. The highest BCUT2D eigenvalue weighted by molar-refractivity contribution is 5.27. The predicted molar refractivity (Wildman–Crippen MR) is 76.8 cm³/mol. The molecule has 0 spiro atoms. The SMILES string of the molecule is CCCC[C@H](N)CN(C)Cc1ccc(OC)cc1. The van der Waals surface area contributed by atoms with Crippen LogP contribution in [0, 0.1) is 0 Å². The Hall–Kier alpha value is -1.06. The Kier molecular flexibility index (Phi) is 6.76. The van der Waals surface area contributed by atoms with Gasteiger partial charge in [0.1, 0.15) is 5.75 Å². The van der Waals surface area contributed by atoms with Gasteiger partial charge in [-0.1, -0.05) is 31.9 Å². The molecule has 0 radical (unpaired) electrons. The molecule has 0 bridgehead atoms. The van der Waals surface area contributed by atoms with Crippen molar-refractivity contribution in [2.24, 2.45) is 5.73 Å². The molecule has 0 unspecified atom stereocenters. The molecule has 102 valence electrons. The number of benzene rings is 1. The first-order chi connectivity index (χ1) is 8.65. The van der Waals surface area contributed by atoms with Crippen LogP contribution in [0.15, 0.2) is 24.3 Å². The molecular weight excluding hydrogens is 224 g/mol. The lowest BCUT2D eigenvalue weighted by molar-refractivity contribution is 0.295. The van der Waals surface area contributed by atoms with Crippen LogP contribution in [-0.4, -0.2) is 31.6 Å². The molecule has 18 heavy (non-hydrogen) atoms. The number of rotatable bonds is 8. The van der Waals surface area contributed by atoms with Crippen molar-refractivity contribution in [2.75, 3.05) is 20.7 Å². The van der Waals surface area contributed by atoms with E-state index in [9.17, 15) is 0 Å². The van der Waals surface area contributed by atoms with E-state index >= 15 is 0 Å². The van der Waals surface area contributed by atoms with Crippen molar-refractivity contribution < 1.29 is 4.74 Å². The fourth-order valence-corrected chi connectivity index (χ4v) is 2.07. The molecule has 0 aliphatic carbocycles. The van der Waals surface area contributed by atoms with Crippen molar-refractivity contribution in [2.45, 2.75) is 38.8 Å². The summed E-state index contributed by atoms with van der Waals surface area (Å²) < 4.78 is 5.15. The van der Waals surface area contributed by atoms with Crippen molar-refractivity contribution in [1.82, 2.24) is 4.90 Å². The van der Waals surface area contributed by atoms with Crippen molar-refractivity contribution in [1.29, 1.82) is 0 Å². The van der Waals surface area contributed by atoms with Gasteiger partial charge in [0.2, 0.25) is 0 Å². The van der Waals surface area contributed by atoms with Crippen LogP contribution >= 0.6 is 0 Å². The minimum Gasteiger partial charge on any atom is -0.497 e. The van der Waals surface area contributed by atoms with Crippen LogP contribution in [0.25, 0.3) is 0 Å². The van der Waals surface area contributed by atoms with E-state index in [1.54, 1.807) is 7.11 Å². The number of hydrogen-bond acceptors (Lipinski definition) is 3. The van der Waals surface area contributed by atoms with Crippen molar-refractivity contribution in [3.05, 3.63) is 29.8 Å². The zero-order valence-electron chi connectivity index (χ0n) is 11.9. The smallest absolute Gasteiger partial charge is 0.118 e. The Balaban J connectivity index is 2.36. The summed E-state index contributed by atoms with van der Waals surface area (Å²) in [5.74, 6) is 0.904. The second-order valence-corrected chi connectivity index (χ2v) is 4.95. The van der Waals surface area contributed by atoms with Crippen molar-refractivity contribution in [3.63, 3.8) is 0 Å². The first kappa shape index (κ1) is 15.0. The molecule has 0 fully saturated rings. The molecule has 0 aliphatic rings. The zero-order chi connectivity index (χ0) is 13.4. The topological polar surface area (TPSA) is 38.5 Å². The van der Waals surface area contributed by atoms with Gasteiger partial charge >= 0.3 is 0 Å². The second-order valence-electron chi connectivity index (χ2n) is 4.95. The van der Waals surface area contributed by atoms with Crippen LogP contribution < -0.4 is 10.5 Å². The van der Waals surface area contributed by atoms with E-state index in [0.29, 0.717) is 0 Å². The number of ether oxygens (including phenoxy) is 1. The normalized spacial score (nSPS) is 12.7. The lowest BCUT2D eigenvalue weighted by Gasteiger charge is -2.21. The largest absolute Gasteiger partial charge is 0.497 e. The Labute approximate surface area is 111 Å². The molecule has 0 aromatic heterocycles. The van der Waals surface area contributed by atoms with Gasteiger partial charge < -0.3 is 15.4 Å². The van der Waals surface area contributed by atoms with Gasteiger partial charge in [0.25, 0.3) is 0 Å². The monoisotopic (exact) mass is 250 g/mol. The molecule has 0 heterocycles. The van der Waals surface area contributed by atoms with Gasteiger partial charge in [0.15, 0.2) is 0 Å². The maximum atomic E-state index is 6.10. The molecular formula is C15H26N2O. The quantitative estimate of drug-likeness (QED) is 0.771. The highest BCUT2D eigenvalue weighted by atomic mass is 16.5. The lowest BCUT2D eigenvalue weighted by Crippen LogP contribution is -2.34. The summed E-state index contributed by atoms with van der Waals surface area (Å²) in [6.45, 7) is 4.09. The molecule has 0 aliphatic heterocycles. The number of likely N-dealkylation sites (N-methyl/N-ethyl adjacent to an activating group) is 1. The third-order valence-corrected chi connectivity index (χ3v) is 3.09. The van der Waals surface area contributed by atoms with E-state index in [0.717, 1.165) is 25.3 Å². The molecule has 3 nitrogen and oxygen atoms in total. The number of unbranched alkanes of at least 4 members (excludes halogenated alkanes) is 1. The summed E-state index contributed by atoms with van der Waals surface area (Å²) in [5, 5.41) is 0. The average molecular weight is 250 g/mol. The van der Waals surface area contributed by atoms with E-state index in [4.69, 9.17) is 10.5 Å². The summed E-state index contributed by atoms with van der Waals surface area (Å²) in [7, 11) is 3.81. The number of nitrogens with two attached hydrogens (primary N) is 1. The highest BCUT2D eigenvalue weighted by Crippen LogP contribution is 2.12. The fraction of sp³-hybridized carbons (Fsp3) is 0.600. The van der Waals surface area contributed by atoms with Gasteiger partial charge in [-0.05, 0) is 31.2 Å². The first-order valence-corrected chi connectivity index (χ1v) is 6.72. The Morgan fingerprint density at radius 3 is 2.50 bits per heavy atom. The molecule has 0 amide bonds. The standard InChI is InChI=1S/C15H26N2O/c1-4-5-6-14(16)12-17(2)11-13-7-9-15(18-3)10-8-13/h7-10,14H,4-6,11-12,16H2,1-3H3/t14-/m0/s1. The van der Waals surface area contributed by atoms with Gasteiger partial charge in [0.05, 0.1) is 7.11 Å². The Morgan fingerprint density at radius 2 is 1.94 bits per heavy atom. The molecule has 1 atom stereocenters. The summed E-state index contributed by atoms with van der Waals surface area (Å²) >= 11 is 0. The van der Waals surface area contributed by atoms with E-state index < -0.39 is 0 Å². The van der Waals surface area contributed by atoms with Crippen LogP contribution in [-0.2, 0) is 6.54 Å². The maximum absolute atomic E-state index is 6.10. The number of nitrogens with zero attached hydrogens (tertiary/aromatic N) is 1. The molecule has 1 aromatic rings.